The average Bonchev–Trinajstić information content (AvgIpc) is 3.06. The first-order chi connectivity index (χ1) is 13.6. The van der Waals surface area contributed by atoms with Gasteiger partial charge in [0.25, 0.3) is 5.91 Å². The van der Waals surface area contributed by atoms with E-state index in [9.17, 15) is 23.2 Å². The van der Waals surface area contributed by atoms with Crippen LogP contribution in [0.2, 0.25) is 0 Å². The third-order valence-corrected chi connectivity index (χ3v) is 5.23. The van der Waals surface area contributed by atoms with E-state index in [0.717, 1.165) is 28.8 Å². The van der Waals surface area contributed by atoms with Crippen LogP contribution in [-0.2, 0) is 16.9 Å². The Hall–Kier alpha value is -3.29. The summed E-state index contributed by atoms with van der Waals surface area (Å²) >= 11 is 0. The van der Waals surface area contributed by atoms with E-state index >= 15 is 0 Å². The number of allylic oxidation sites excluding steroid dienone is 1. The van der Waals surface area contributed by atoms with Gasteiger partial charge in [-0.15, -0.1) is 6.58 Å². The number of Topliss-reactive ketones (excluding diaryl/α,β-unsaturated/α-hetero) is 1. The number of aromatic nitrogens is 1. The smallest absolute Gasteiger partial charge is 0.325 e. The van der Waals surface area contributed by atoms with Crippen LogP contribution in [0.15, 0.2) is 36.9 Å². The second-order valence-corrected chi connectivity index (χ2v) is 7.18. The molecular formula is C21H21F2N3O3. The molecule has 1 aliphatic heterocycles. The van der Waals surface area contributed by atoms with E-state index in [4.69, 9.17) is 0 Å². The summed E-state index contributed by atoms with van der Waals surface area (Å²) in [5, 5.41) is 2.38. The summed E-state index contributed by atoms with van der Waals surface area (Å²) in [5.74, 6) is -2.82. The molecule has 8 heteroatoms. The van der Waals surface area contributed by atoms with Crippen LogP contribution in [0.25, 0.3) is 0 Å². The Bertz CT molecular complexity index is 1040. The van der Waals surface area contributed by atoms with Crippen LogP contribution >= 0.6 is 0 Å². The van der Waals surface area contributed by atoms with Crippen molar-refractivity contribution < 1.29 is 23.2 Å². The Morgan fingerprint density at radius 2 is 1.93 bits per heavy atom. The number of carbonyl (C=O) groups excluding carboxylic acids is 3. The second kappa shape index (κ2) is 7.27. The fraction of sp³-hybridized carbons (Fsp3) is 0.286. The SMILES string of the molecule is C=CCn1c(C)cc(C(=O)CN2C(=O)N[C@](C)(c3cc(F)ccc3F)C2=O)c1C. The van der Waals surface area contributed by atoms with Crippen LogP contribution in [0.1, 0.15) is 34.2 Å². The third kappa shape index (κ3) is 3.35. The van der Waals surface area contributed by atoms with E-state index in [-0.39, 0.29) is 5.56 Å². The number of nitrogens with zero attached hydrogens (tertiary/aromatic N) is 2. The van der Waals surface area contributed by atoms with E-state index in [1.165, 1.54) is 6.92 Å². The maximum absolute atomic E-state index is 14.2. The number of imide groups is 1. The van der Waals surface area contributed by atoms with Crippen LogP contribution in [0, 0.1) is 25.5 Å². The molecule has 0 aliphatic carbocycles. The molecule has 1 aromatic carbocycles. The molecule has 29 heavy (non-hydrogen) atoms. The van der Waals surface area contributed by atoms with Crippen molar-refractivity contribution in [3.8, 4) is 0 Å². The van der Waals surface area contributed by atoms with Crippen LogP contribution in [0.5, 0.6) is 0 Å². The van der Waals surface area contributed by atoms with Crippen molar-refractivity contribution in [3.05, 3.63) is 71.1 Å². The van der Waals surface area contributed by atoms with E-state index in [1.807, 2.05) is 11.5 Å². The van der Waals surface area contributed by atoms with E-state index in [0.29, 0.717) is 17.8 Å². The third-order valence-electron chi connectivity index (χ3n) is 5.23. The molecule has 0 unspecified atom stereocenters. The molecule has 1 N–H and O–H groups in total. The van der Waals surface area contributed by atoms with Gasteiger partial charge in [0, 0.05) is 29.1 Å². The first-order valence-electron chi connectivity index (χ1n) is 9.00. The summed E-state index contributed by atoms with van der Waals surface area (Å²) < 4.78 is 29.7. The number of halogens is 2. The number of ketones is 1. The molecule has 0 radical (unpaired) electrons. The number of nitrogens with one attached hydrogen (secondary N) is 1. The zero-order valence-electron chi connectivity index (χ0n) is 16.4. The number of urea groups is 1. The van der Waals surface area contributed by atoms with Gasteiger partial charge >= 0.3 is 6.03 Å². The van der Waals surface area contributed by atoms with Crippen molar-refractivity contribution in [2.45, 2.75) is 32.9 Å². The number of rotatable bonds is 6. The molecular weight excluding hydrogens is 380 g/mol. The van der Waals surface area contributed by atoms with E-state index in [2.05, 4.69) is 11.9 Å². The Morgan fingerprint density at radius 1 is 1.24 bits per heavy atom. The van der Waals surface area contributed by atoms with Gasteiger partial charge in [-0.25, -0.2) is 13.6 Å². The summed E-state index contributed by atoms with van der Waals surface area (Å²) in [4.78, 5) is 38.8. The molecule has 6 nitrogen and oxygen atoms in total. The van der Waals surface area contributed by atoms with Crippen LogP contribution in [-0.4, -0.2) is 33.7 Å². The Kier molecular flexibility index (Phi) is 5.13. The summed E-state index contributed by atoms with van der Waals surface area (Å²) in [6, 6.07) is 3.52. The summed E-state index contributed by atoms with van der Waals surface area (Å²) in [6.07, 6.45) is 1.70. The highest BCUT2D eigenvalue weighted by molar-refractivity contribution is 6.11. The topological polar surface area (TPSA) is 71.4 Å². The number of benzene rings is 1. The van der Waals surface area contributed by atoms with Gasteiger partial charge in [-0.05, 0) is 45.0 Å². The lowest BCUT2D eigenvalue weighted by Crippen LogP contribution is -2.42. The van der Waals surface area contributed by atoms with Crippen molar-refractivity contribution in [2.75, 3.05) is 6.54 Å². The Morgan fingerprint density at radius 3 is 2.59 bits per heavy atom. The minimum Gasteiger partial charge on any atom is -0.345 e. The van der Waals surface area contributed by atoms with E-state index < -0.39 is 41.4 Å². The first-order valence-corrected chi connectivity index (χ1v) is 9.00. The molecule has 2 aromatic rings. The first kappa shape index (κ1) is 20.4. The number of hydrogen-bond acceptors (Lipinski definition) is 3. The predicted octanol–water partition coefficient (Wildman–Crippen LogP) is 3.22. The van der Waals surface area contributed by atoms with Gasteiger partial charge in [0.05, 0.1) is 6.54 Å². The molecule has 152 valence electrons. The van der Waals surface area contributed by atoms with Gasteiger partial charge in [0.2, 0.25) is 0 Å². The van der Waals surface area contributed by atoms with Crippen molar-refractivity contribution >= 4 is 17.7 Å². The van der Waals surface area contributed by atoms with Crippen LogP contribution < -0.4 is 5.32 Å². The summed E-state index contributed by atoms with van der Waals surface area (Å²) in [6.45, 7) is 8.59. The van der Waals surface area contributed by atoms with Crippen molar-refractivity contribution in [3.63, 3.8) is 0 Å². The predicted molar refractivity (Wildman–Crippen MR) is 102 cm³/mol. The quantitative estimate of drug-likeness (QED) is 0.459. The maximum Gasteiger partial charge on any atom is 0.325 e. The van der Waals surface area contributed by atoms with Gasteiger partial charge in [-0.2, -0.15) is 0 Å². The highest BCUT2D eigenvalue weighted by Crippen LogP contribution is 2.31. The Labute approximate surface area is 166 Å². The fourth-order valence-electron chi connectivity index (χ4n) is 3.63. The summed E-state index contributed by atoms with van der Waals surface area (Å²) in [7, 11) is 0. The second-order valence-electron chi connectivity index (χ2n) is 7.18. The van der Waals surface area contributed by atoms with Gasteiger partial charge in [-0.3, -0.25) is 14.5 Å². The zero-order valence-corrected chi connectivity index (χ0v) is 16.4. The molecule has 0 bridgehead atoms. The van der Waals surface area contributed by atoms with Gasteiger partial charge < -0.3 is 9.88 Å². The lowest BCUT2D eigenvalue weighted by atomic mass is 9.91. The highest BCUT2D eigenvalue weighted by atomic mass is 19.1. The molecule has 1 aromatic heterocycles. The normalized spacial score (nSPS) is 18.9. The molecule has 3 amide bonds. The number of carbonyl (C=O) groups is 3. The number of aryl methyl sites for hydroxylation is 1. The molecule has 1 saturated heterocycles. The molecule has 0 saturated carbocycles. The van der Waals surface area contributed by atoms with Crippen LogP contribution in [0.3, 0.4) is 0 Å². The minimum atomic E-state index is -1.80. The number of amides is 3. The highest BCUT2D eigenvalue weighted by Gasteiger charge is 2.51. The minimum absolute atomic E-state index is 0.296. The molecule has 0 spiro atoms. The lowest BCUT2D eigenvalue weighted by molar-refractivity contribution is -0.130. The van der Waals surface area contributed by atoms with Gasteiger partial charge in [0.15, 0.2) is 5.78 Å². The van der Waals surface area contributed by atoms with Gasteiger partial charge in [0.1, 0.15) is 17.2 Å². The molecule has 1 aliphatic rings. The standard InChI is InChI=1S/C21H21F2N3O3/c1-5-8-25-12(2)9-15(13(25)3)18(27)11-26-19(28)21(4,24-20(26)29)16-10-14(22)6-7-17(16)23/h5-7,9-10H,1,8,11H2,2-4H3,(H,24,29)/t21-/m1/s1. The molecule has 1 atom stereocenters. The van der Waals surface area contributed by atoms with E-state index in [1.54, 1.807) is 19.1 Å². The van der Waals surface area contributed by atoms with Crippen molar-refractivity contribution in [1.29, 1.82) is 0 Å². The zero-order chi connectivity index (χ0) is 21.5. The van der Waals surface area contributed by atoms with Crippen molar-refractivity contribution in [2.24, 2.45) is 0 Å². The van der Waals surface area contributed by atoms with Crippen LogP contribution in [0.4, 0.5) is 13.6 Å². The number of hydrogen-bond donors (Lipinski definition) is 1. The molecule has 1 fully saturated rings. The molecule has 2 heterocycles. The molecule has 3 rings (SSSR count). The summed E-state index contributed by atoms with van der Waals surface area (Å²) in [5.41, 5.74) is -0.179. The lowest BCUT2D eigenvalue weighted by Gasteiger charge is -2.22. The maximum atomic E-state index is 14.2. The fourth-order valence-corrected chi connectivity index (χ4v) is 3.63. The van der Waals surface area contributed by atoms with Gasteiger partial charge in [-0.1, -0.05) is 6.08 Å². The Balaban J connectivity index is 1.89. The largest absolute Gasteiger partial charge is 0.345 e. The monoisotopic (exact) mass is 401 g/mol. The van der Waals surface area contributed by atoms with Crippen molar-refractivity contribution in [1.82, 2.24) is 14.8 Å². The average molecular weight is 401 g/mol.